The van der Waals surface area contributed by atoms with E-state index < -0.39 is 17.8 Å². The molecule has 1 aromatic carbocycles. The molecule has 11 heteroatoms. The SMILES string of the molecule is CCOC(=O)C1=C(CN2CCN(C(C)=O)C(CC)C2)NC(c2nccs2)=N[C@H]1c1cccc(F)c1Cl. The maximum Gasteiger partial charge on any atom is 0.338 e. The second-order valence-corrected chi connectivity index (χ2v) is 9.88. The van der Waals surface area contributed by atoms with Crippen molar-refractivity contribution >= 4 is 40.6 Å². The second kappa shape index (κ2) is 11.5. The molecular formula is C25H29ClFN5O3S. The van der Waals surface area contributed by atoms with E-state index in [4.69, 9.17) is 21.3 Å². The summed E-state index contributed by atoms with van der Waals surface area (Å²) in [5.74, 6) is -0.591. The molecule has 36 heavy (non-hydrogen) atoms. The molecule has 192 valence electrons. The van der Waals surface area contributed by atoms with E-state index in [0.717, 1.165) is 6.42 Å². The number of ether oxygens (including phenoxy) is 1. The third-order valence-electron chi connectivity index (χ3n) is 6.36. The average molecular weight is 534 g/mol. The monoisotopic (exact) mass is 533 g/mol. The van der Waals surface area contributed by atoms with E-state index in [1.165, 1.54) is 17.4 Å². The molecule has 2 aromatic rings. The third-order valence-corrected chi connectivity index (χ3v) is 7.54. The number of amidine groups is 1. The lowest BCUT2D eigenvalue weighted by molar-refractivity contribution is -0.139. The summed E-state index contributed by atoms with van der Waals surface area (Å²) in [6, 6.07) is 3.69. The number of nitrogens with one attached hydrogen (secondary N) is 1. The van der Waals surface area contributed by atoms with Gasteiger partial charge in [-0.2, -0.15) is 0 Å². The molecular weight excluding hydrogens is 505 g/mol. The van der Waals surface area contributed by atoms with Crippen LogP contribution >= 0.6 is 22.9 Å². The van der Waals surface area contributed by atoms with Crippen LogP contribution in [0.15, 0.2) is 46.0 Å². The molecule has 2 atom stereocenters. The van der Waals surface area contributed by atoms with Gasteiger partial charge in [-0.05, 0) is 19.4 Å². The summed E-state index contributed by atoms with van der Waals surface area (Å²) in [6.07, 6.45) is 2.49. The fourth-order valence-corrected chi connectivity index (χ4v) is 5.44. The highest BCUT2D eigenvalue weighted by molar-refractivity contribution is 7.11. The normalized spacial score (nSPS) is 20.7. The number of nitrogens with zero attached hydrogens (tertiary/aromatic N) is 4. The van der Waals surface area contributed by atoms with Gasteiger partial charge < -0.3 is 15.0 Å². The van der Waals surface area contributed by atoms with Crippen LogP contribution in [0.2, 0.25) is 5.02 Å². The Balaban J connectivity index is 1.77. The first-order valence-electron chi connectivity index (χ1n) is 11.9. The predicted octanol–water partition coefficient (Wildman–Crippen LogP) is 3.79. The van der Waals surface area contributed by atoms with Crippen LogP contribution in [0.4, 0.5) is 4.39 Å². The van der Waals surface area contributed by atoms with Crippen molar-refractivity contribution in [1.82, 2.24) is 20.1 Å². The van der Waals surface area contributed by atoms with Crippen molar-refractivity contribution in [1.29, 1.82) is 0 Å². The topological polar surface area (TPSA) is 87.1 Å². The van der Waals surface area contributed by atoms with Crippen molar-refractivity contribution < 1.29 is 18.7 Å². The molecule has 1 aromatic heterocycles. The van der Waals surface area contributed by atoms with Crippen molar-refractivity contribution in [2.45, 2.75) is 39.3 Å². The van der Waals surface area contributed by atoms with Crippen LogP contribution in [0, 0.1) is 5.82 Å². The van der Waals surface area contributed by atoms with Gasteiger partial charge in [0.15, 0.2) is 10.8 Å². The van der Waals surface area contributed by atoms with Crippen molar-refractivity contribution in [3.8, 4) is 0 Å². The number of hydrogen-bond acceptors (Lipinski definition) is 8. The van der Waals surface area contributed by atoms with Gasteiger partial charge in [-0.15, -0.1) is 11.3 Å². The number of esters is 1. The molecule has 0 aliphatic carbocycles. The highest BCUT2D eigenvalue weighted by atomic mass is 35.5. The number of rotatable bonds is 7. The number of thiazole rings is 1. The molecule has 1 saturated heterocycles. The zero-order valence-corrected chi connectivity index (χ0v) is 22.0. The Morgan fingerprint density at radius 2 is 2.11 bits per heavy atom. The average Bonchev–Trinajstić information content (AvgIpc) is 3.40. The minimum atomic E-state index is -0.872. The quantitative estimate of drug-likeness (QED) is 0.545. The van der Waals surface area contributed by atoms with Crippen molar-refractivity contribution in [3.05, 3.63) is 62.5 Å². The van der Waals surface area contributed by atoms with Gasteiger partial charge in [-0.3, -0.25) is 14.7 Å². The van der Waals surface area contributed by atoms with Gasteiger partial charge in [0.2, 0.25) is 5.91 Å². The Kier molecular flexibility index (Phi) is 8.38. The first-order valence-corrected chi connectivity index (χ1v) is 13.2. The van der Waals surface area contributed by atoms with Crippen LogP contribution in [0.25, 0.3) is 0 Å². The van der Waals surface area contributed by atoms with Crippen molar-refractivity contribution in [2.75, 3.05) is 32.8 Å². The molecule has 2 aliphatic rings. The fourth-order valence-electron chi connectivity index (χ4n) is 4.63. The lowest BCUT2D eigenvalue weighted by atomic mass is 9.95. The van der Waals surface area contributed by atoms with Crippen LogP contribution in [0.5, 0.6) is 0 Å². The van der Waals surface area contributed by atoms with E-state index >= 15 is 0 Å². The molecule has 1 unspecified atom stereocenters. The molecule has 0 bridgehead atoms. The van der Waals surface area contributed by atoms with Crippen LogP contribution in [-0.2, 0) is 14.3 Å². The number of carbonyl (C=O) groups excluding carboxylic acids is 2. The van der Waals surface area contributed by atoms with E-state index in [9.17, 15) is 14.0 Å². The fraction of sp³-hybridized carbons (Fsp3) is 0.440. The molecule has 8 nitrogen and oxygen atoms in total. The highest BCUT2D eigenvalue weighted by Crippen LogP contribution is 2.37. The summed E-state index contributed by atoms with van der Waals surface area (Å²) in [5.41, 5.74) is 1.26. The van der Waals surface area contributed by atoms with E-state index in [2.05, 4.69) is 22.1 Å². The number of carbonyl (C=O) groups is 2. The Bertz CT molecular complexity index is 1190. The lowest BCUT2D eigenvalue weighted by Crippen LogP contribution is -2.55. The Morgan fingerprint density at radius 1 is 1.31 bits per heavy atom. The molecule has 1 N–H and O–H groups in total. The maximum atomic E-state index is 14.5. The van der Waals surface area contributed by atoms with Gasteiger partial charge in [-0.1, -0.05) is 30.7 Å². The van der Waals surface area contributed by atoms with Crippen LogP contribution in [0.3, 0.4) is 0 Å². The van der Waals surface area contributed by atoms with Crippen LogP contribution < -0.4 is 5.32 Å². The first-order chi connectivity index (χ1) is 17.3. The zero-order chi connectivity index (χ0) is 25.8. The minimum absolute atomic E-state index is 0.0581. The lowest BCUT2D eigenvalue weighted by Gasteiger charge is -2.41. The van der Waals surface area contributed by atoms with Crippen LogP contribution in [0.1, 0.15) is 43.8 Å². The number of amides is 1. The maximum absolute atomic E-state index is 14.5. The van der Waals surface area contributed by atoms with E-state index in [1.54, 1.807) is 32.2 Å². The Hall–Kier alpha value is -2.82. The van der Waals surface area contributed by atoms with Gasteiger partial charge in [0, 0.05) is 62.0 Å². The van der Waals surface area contributed by atoms with Gasteiger partial charge in [0.25, 0.3) is 0 Å². The van der Waals surface area contributed by atoms with Gasteiger partial charge in [-0.25, -0.2) is 14.2 Å². The predicted molar refractivity (Wildman–Crippen MR) is 138 cm³/mol. The van der Waals surface area contributed by atoms with E-state index in [1.807, 2.05) is 10.3 Å². The standard InChI is InChI=1S/C25H29ClFN5O3S/c1-4-16-13-31(10-11-32(16)15(3)33)14-19-20(25(34)35-5-2)22(17-7-6-8-18(27)21(17)26)30-23(29-19)24-28-9-12-36-24/h6-9,12,16,22H,4-5,10-11,13-14H2,1-3H3,(H,29,30)/t16?,22-/m0/s1. The third kappa shape index (κ3) is 5.45. The summed E-state index contributed by atoms with van der Waals surface area (Å²) >= 11 is 7.77. The van der Waals surface area contributed by atoms with Gasteiger partial charge >= 0.3 is 5.97 Å². The Labute approximate surface area is 218 Å². The molecule has 1 amide bonds. The second-order valence-electron chi connectivity index (χ2n) is 8.61. The Morgan fingerprint density at radius 3 is 2.78 bits per heavy atom. The van der Waals surface area contributed by atoms with Gasteiger partial charge in [0.05, 0.1) is 17.2 Å². The molecule has 1 fully saturated rings. The highest BCUT2D eigenvalue weighted by Gasteiger charge is 2.36. The number of piperazine rings is 1. The van der Waals surface area contributed by atoms with Crippen molar-refractivity contribution in [3.63, 3.8) is 0 Å². The summed E-state index contributed by atoms with van der Waals surface area (Å²) in [5, 5.41) is 5.70. The molecule has 0 saturated carbocycles. The number of halogens is 2. The summed E-state index contributed by atoms with van der Waals surface area (Å²) in [7, 11) is 0. The molecule has 0 spiro atoms. The van der Waals surface area contributed by atoms with Crippen molar-refractivity contribution in [2.24, 2.45) is 4.99 Å². The first kappa shape index (κ1) is 26.2. The largest absolute Gasteiger partial charge is 0.463 e. The number of benzene rings is 1. The molecule has 0 radical (unpaired) electrons. The summed E-state index contributed by atoms with van der Waals surface area (Å²) in [6.45, 7) is 7.85. The zero-order valence-electron chi connectivity index (χ0n) is 20.5. The van der Waals surface area contributed by atoms with E-state index in [-0.39, 0.29) is 29.2 Å². The van der Waals surface area contributed by atoms with E-state index in [0.29, 0.717) is 48.3 Å². The van der Waals surface area contributed by atoms with Gasteiger partial charge in [0.1, 0.15) is 11.9 Å². The summed E-state index contributed by atoms with van der Waals surface area (Å²) < 4.78 is 19.9. The molecule has 3 heterocycles. The minimum Gasteiger partial charge on any atom is -0.463 e. The molecule has 2 aliphatic heterocycles. The number of hydrogen-bond donors (Lipinski definition) is 1. The van der Waals surface area contributed by atoms with Crippen LogP contribution in [-0.4, -0.2) is 71.3 Å². The number of aromatic nitrogens is 1. The smallest absolute Gasteiger partial charge is 0.338 e. The summed E-state index contributed by atoms with van der Waals surface area (Å²) in [4.78, 5) is 38.6. The molecule has 4 rings (SSSR count). The number of aliphatic imine (C=N–C) groups is 1.